The molecule has 0 radical (unpaired) electrons. The number of rotatable bonds is 2. The molecule has 2 aliphatic carbocycles. The first-order valence-electron chi connectivity index (χ1n) is 6.53. The zero-order valence-corrected chi connectivity index (χ0v) is 11.6. The van der Waals surface area contributed by atoms with Crippen molar-refractivity contribution in [1.29, 1.82) is 0 Å². The van der Waals surface area contributed by atoms with E-state index >= 15 is 0 Å². The maximum Gasteiger partial charge on any atom is 0.195 e. The summed E-state index contributed by atoms with van der Waals surface area (Å²) in [5.74, 6) is 2.78. The molecule has 2 aromatic rings. The number of nitrogens with one attached hydrogen (secondary N) is 1. The van der Waals surface area contributed by atoms with E-state index in [0.29, 0.717) is 6.04 Å². The maximum absolute atomic E-state index is 5.45. The summed E-state index contributed by atoms with van der Waals surface area (Å²) in [6.07, 6.45) is 5.46. The number of aromatic nitrogens is 3. The molecule has 2 bridgehead atoms. The molecule has 2 aromatic heterocycles. The monoisotopic (exact) mass is 277 g/mol. The molecule has 0 spiro atoms. The predicted molar refractivity (Wildman–Crippen MR) is 75.2 cm³/mol. The highest BCUT2D eigenvalue weighted by Gasteiger charge is 2.41. The predicted octanol–water partition coefficient (Wildman–Crippen LogP) is 4.03. The number of fused-ring (bicyclic) bond motifs is 2. The molecule has 2 heterocycles. The Kier molecular flexibility index (Phi) is 2.45. The molecule has 0 saturated heterocycles. The fourth-order valence-corrected chi connectivity index (χ4v) is 4.70. The summed E-state index contributed by atoms with van der Waals surface area (Å²) in [5, 5.41) is 9.52. The number of H-pyrrole nitrogens is 1. The molecule has 4 rings (SSSR count). The van der Waals surface area contributed by atoms with Crippen molar-refractivity contribution in [3.05, 3.63) is 22.3 Å². The SMILES string of the molecule is S=c1[nH]nc(-c2cccs2)n1C1CC2CCC1C2. The molecule has 0 aromatic carbocycles. The van der Waals surface area contributed by atoms with Gasteiger partial charge < -0.3 is 0 Å². The Bertz CT molecular complexity index is 610. The summed E-state index contributed by atoms with van der Waals surface area (Å²) in [6.45, 7) is 0. The first kappa shape index (κ1) is 10.9. The molecule has 3 nitrogen and oxygen atoms in total. The van der Waals surface area contributed by atoms with Crippen LogP contribution in [0.15, 0.2) is 17.5 Å². The van der Waals surface area contributed by atoms with Gasteiger partial charge in [-0.1, -0.05) is 12.5 Å². The molecule has 94 valence electrons. The molecule has 3 unspecified atom stereocenters. The van der Waals surface area contributed by atoms with Crippen LogP contribution in [0, 0.1) is 16.6 Å². The third kappa shape index (κ3) is 1.53. The quantitative estimate of drug-likeness (QED) is 0.841. The van der Waals surface area contributed by atoms with Crippen LogP contribution >= 0.6 is 23.6 Å². The topological polar surface area (TPSA) is 33.6 Å². The minimum absolute atomic E-state index is 0.576. The Morgan fingerprint density at radius 2 is 2.33 bits per heavy atom. The molecule has 5 heteroatoms. The van der Waals surface area contributed by atoms with Crippen LogP contribution in [-0.2, 0) is 0 Å². The minimum Gasteiger partial charge on any atom is -0.296 e. The van der Waals surface area contributed by atoms with Crippen LogP contribution in [0.4, 0.5) is 0 Å². The number of hydrogen-bond acceptors (Lipinski definition) is 3. The van der Waals surface area contributed by atoms with E-state index in [9.17, 15) is 0 Å². The molecular weight excluding hydrogens is 262 g/mol. The molecule has 3 atom stereocenters. The van der Waals surface area contributed by atoms with Gasteiger partial charge in [0.25, 0.3) is 0 Å². The smallest absolute Gasteiger partial charge is 0.195 e. The van der Waals surface area contributed by atoms with E-state index in [4.69, 9.17) is 12.2 Å². The lowest BCUT2D eigenvalue weighted by molar-refractivity contribution is 0.329. The Labute approximate surface area is 115 Å². The highest BCUT2D eigenvalue weighted by Crippen LogP contribution is 2.51. The van der Waals surface area contributed by atoms with E-state index < -0.39 is 0 Å². The number of thiophene rings is 1. The van der Waals surface area contributed by atoms with Crippen LogP contribution in [0.25, 0.3) is 10.7 Å². The Morgan fingerprint density at radius 1 is 1.39 bits per heavy atom. The van der Waals surface area contributed by atoms with Crippen molar-refractivity contribution in [3.8, 4) is 10.7 Å². The molecule has 2 saturated carbocycles. The second-order valence-corrected chi connectivity index (χ2v) is 6.78. The Morgan fingerprint density at radius 3 is 3.00 bits per heavy atom. The standard InChI is InChI=1S/C13H15N3S2/c17-13-15-14-12(11-2-1-5-18-11)16(13)10-7-8-3-4-9(10)6-8/h1-2,5,8-10H,3-4,6-7H2,(H,15,17). The minimum atomic E-state index is 0.576. The van der Waals surface area contributed by atoms with Crippen LogP contribution in [0.5, 0.6) is 0 Å². The molecule has 2 aliphatic rings. The van der Waals surface area contributed by atoms with E-state index in [0.717, 1.165) is 22.4 Å². The largest absolute Gasteiger partial charge is 0.296 e. The zero-order valence-electron chi connectivity index (χ0n) is 10.0. The lowest BCUT2D eigenvalue weighted by atomic mass is 9.95. The highest BCUT2D eigenvalue weighted by atomic mass is 32.1. The summed E-state index contributed by atoms with van der Waals surface area (Å²) >= 11 is 7.18. The molecular formula is C13H15N3S2. The van der Waals surface area contributed by atoms with E-state index in [2.05, 4.69) is 32.3 Å². The molecule has 1 N–H and O–H groups in total. The van der Waals surface area contributed by atoms with E-state index in [1.807, 2.05) is 0 Å². The van der Waals surface area contributed by atoms with Gasteiger partial charge in [-0.2, -0.15) is 5.10 Å². The summed E-state index contributed by atoms with van der Waals surface area (Å²) in [6, 6.07) is 4.77. The third-order valence-corrected chi connectivity index (χ3v) is 5.63. The summed E-state index contributed by atoms with van der Waals surface area (Å²) in [4.78, 5) is 1.21. The average molecular weight is 277 g/mol. The third-order valence-electron chi connectivity index (χ3n) is 4.48. The van der Waals surface area contributed by atoms with Crippen molar-refractivity contribution >= 4 is 23.6 Å². The first-order chi connectivity index (χ1) is 8.83. The van der Waals surface area contributed by atoms with Gasteiger partial charge in [0, 0.05) is 6.04 Å². The van der Waals surface area contributed by atoms with Crippen molar-refractivity contribution in [2.45, 2.75) is 31.7 Å². The second kappa shape index (κ2) is 4.03. The molecule has 0 amide bonds. The first-order valence-corrected chi connectivity index (χ1v) is 7.82. The Hall–Kier alpha value is -0.940. The van der Waals surface area contributed by atoms with Crippen molar-refractivity contribution in [3.63, 3.8) is 0 Å². The van der Waals surface area contributed by atoms with Gasteiger partial charge in [-0.15, -0.1) is 11.3 Å². The van der Waals surface area contributed by atoms with Crippen LogP contribution in [0.2, 0.25) is 0 Å². The van der Waals surface area contributed by atoms with E-state index in [-0.39, 0.29) is 0 Å². The fourth-order valence-electron chi connectivity index (χ4n) is 3.72. The maximum atomic E-state index is 5.45. The normalized spacial score (nSPS) is 30.1. The number of aromatic amines is 1. The van der Waals surface area contributed by atoms with Gasteiger partial charge in [0.1, 0.15) is 0 Å². The van der Waals surface area contributed by atoms with Gasteiger partial charge in [-0.25, -0.2) is 0 Å². The lowest BCUT2D eigenvalue weighted by Gasteiger charge is -2.23. The second-order valence-electron chi connectivity index (χ2n) is 5.44. The summed E-state index contributed by atoms with van der Waals surface area (Å²) in [7, 11) is 0. The lowest BCUT2D eigenvalue weighted by Crippen LogP contribution is -2.17. The van der Waals surface area contributed by atoms with Gasteiger partial charge in [0.15, 0.2) is 10.6 Å². The summed E-state index contributed by atoms with van der Waals surface area (Å²) in [5.41, 5.74) is 0. The van der Waals surface area contributed by atoms with Crippen LogP contribution in [-0.4, -0.2) is 14.8 Å². The molecule has 18 heavy (non-hydrogen) atoms. The summed E-state index contributed by atoms with van der Waals surface area (Å²) < 4.78 is 3.07. The highest BCUT2D eigenvalue weighted by molar-refractivity contribution is 7.71. The Balaban J connectivity index is 1.81. The van der Waals surface area contributed by atoms with Gasteiger partial charge >= 0.3 is 0 Å². The van der Waals surface area contributed by atoms with Gasteiger partial charge in [0.2, 0.25) is 0 Å². The van der Waals surface area contributed by atoms with Crippen molar-refractivity contribution in [1.82, 2.24) is 14.8 Å². The van der Waals surface area contributed by atoms with Gasteiger partial charge in [-0.05, 0) is 54.8 Å². The van der Waals surface area contributed by atoms with Crippen molar-refractivity contribution in [2.75, 3.05) is 0 Å². The molecule has 2 fully saturated rings. The number of nitrogens with zero attached hydrogens (tertiary/aromatic N) is 2. The van der Waals surface area contributed by atoms with Crippen molar-refractivity contribution in [2.24, 2.45) is 11.8 Å². The van der Waals surface area contributed by atoms with E-state index in [1.165, 1.54) is 30.6 Å². The molecule has 0 aliphatic heterocycles. The van der Waals surface area contributed by atoms with Gasteiger partial charge in [0.05, 0.1) is 4.88 Å². The van der Waals surface area contributed by atoms with Gasteiger partial charge in [-0.3, -0.25) is 9.67 Å². The fraction of sp³-hybridized carbons (Fsp3) is 0.538. The van der Waals surface area contributed by atoms with Crippen molar-refractivity contribution < 1.29 is 0 Å². The zero-order chi connectivity index (χ0) is 12.1. The average Bonchev–Trinajstić information content (AvgIpc) is 3.12. The van der Waals surface area contributed by atoms with Crippen LogP contribution in [0.1, 0.15) is 31.7 Å². The van der Waals surface area contributed by atoms with E-state index in [1.54, 1.807) is 11.3 Å². The number of hydrogen-bond donors (Lipinski definition) is 1. The van der Waals surface area contributed by atoms with Crippen LogP contribution < -0.4 is 0 Å². The van der Waals surface area contributed by atoms with Crippen LogP contribution in [0.3, 0.4) is 0 Å².